The van der Waals surface area contributed by atoms with Crippen LogP contribution < -0.4 is 5.32 Å². The lowest BCUT2D eigenvalue weighted by molar-refractivity contribution is -0.116. The van der Waals surface area contributed by atoms with E-state index in [4.69, 9.17) is 11.6 Å². The molecule has 0 aliphatic carbocycles. The van der Waals surface area contributed by atoms with Crippen molar-refractivity contribution in [1.29, 1.82) is 0 Å². The average molecular weight is 302 g/mol. The van der Waals surface area contributed by atoms with Gasteiger partial charge in [-0.25, -0.2) is 0 Å². The van der Waals surface area contributed by atoms with Crippen LogP contribution in [0.5, 0.6) is 0 Å². The Kier molecular flexibility index (Phi) is 5.12. The highest BCUT2D eigenvalue weighted by Gasteiger charge is 2.09. The van der Waals surface area contributed by atoms with Crippen LogP contribution in [0.15, 0.2) is 48.5 Å². The molecule has 0 aliphatic rings. The topological polar surface area (TPSA) is 46.2 Å². The van der Waals surface area contributed by atoms with E-state index >= 15 is 0 Å². The number of hydrogen-bond acceptors (Lipinski definition) is 2. The van der Waals surface area contributed by atoms with Crippen molar-refractivity contribution >= 4 is 29.0 Å². The Morgan fingerprint density at radius 1 is 1.05 bits per heavy atom. The minimum absolute atomic E-state index is 0.0313. The summed E-state index contributed by atoms with van der Waals surface area (Å²) in [5.41, 5.74) is 2.37. The molecule has 0 unspecified atom stereocenters. The highest BCUT2D eigenvalue weighted by molar-refractivity contribution is 6.30. The molecule has 0 saturated carbocycles. The molecule has 0 aliphatic heterocycles. The second kappa shape index (κ2) is 7.04. The smallest absolute Gasteiger partial charge is 0.224 e. The number of halogens is 1. The lowest BCUT2D eigenvalue weighted by Crippen LogP contribution is -2.13. The van der Waals surface area contributed by atoms with E-state index in [9.17, 15) is 9.59 Å². The largest absolute Gasteiger partial charge is 0.326 e. The number of aryl methyl sites for hydroxylation is 1. The fourth-order valence-corrected chi connectivity index (χ4v) is 2.09. The maximum Gasteiger partial charge on any atom is 0.224 e. The molecule has 4 heteroatoms. The third kappa shape index (κ3) is 4.72. The molecule has 2 aromatic carbocycles. The number of carbonyl (C=O) groups excluding carboxylic acids is 2. The van der Waals surface area contributed by atoms with Gasteiger partial charge in [-0.3, -0.25) is 9.59 Å². The number of benzene rings is 2. The van der Waals surface area contributed by atoms with E-state index in [0.717, 1.165) is 5.56 Å². The van der Waals surface area contributed by atoms with Gasteiger partial charge in [0.15, 0.2) is 5.78 Å². The third-order valence-corrected chi connectivity index (χ3v) is 3.30. The van der Waals surface area contributed by atoms with Crippen LogP contribution in [0.3, 0.4) is 0 Å². The fourth-order valence-electron chi connectivity index (χ4n) is 1.90. The first kappa shape index (κ1) is 15.3. The van der Waals surface area contributed by atoms with Gasteiger partial charge in [0, 0.05) is 29.1 Å². The molecule has 0 heterocycles. The van der Waals surface area contributed by atoms with E-state index in [0.29, 0.717) is 16.3 Å². The molecule has 2 aromatic rings. The number of rotatable bonds is 5. The highest BCUT2D eigenvalue weighted by atomic mass is 35.5. The summed E-state index contributed by atoms with van der Waals surface area (Å²) in [4.78, 5) is 23.8. The van der Waals surface area contributed by atoms with Crippen molar-refractivity contribution in [2.75, 3.05) is 5.32 Å². The molecule has 21 heavy (non-hydrogen) atoms. The third-order valence-electron chi connectivity index (χ3n) is 3.06. The Hall–Kier alpha value is -2.13. The van der Waals surface area contributed by atoms with Gasteiger partial charge in [-0.15, -0.1) is 0 Å². The molecule has 0 fully saturated rings. The average Bonchev–Trinajstić information content (AvgIpc) is 2.45. The standard InChI is InChI=1S/C17H16ClNO2/c1-12-5-7-13(8-6-12)16(20)9-10-17(21)19-15-4-2-3-14(18)11-15/h2-8,11H,9-10H2,1H3,(H,19,21). The molecule has 0 saturated heterocycles. The SMILES string of the molecule is Cc1ccc(C(=O)CCC(=O)Nc2cccc(Cl)c2)cc1. The van der Waals surface area contributed by atoms with Crippen molar-refractivity contribution in [2.45, 2.75) is 19.8 Å². The van der Waals surface area contributed by atoms with Gasteiger partial charge in [0.05, 0.1) is 0 Å². The number of anilines is 1. The first-order valence-electron chi connectivity index (χ1n) is 6.70. The Labute approximate surface area is 128 Å². The second-order valence-electron chi connectivity index (χ2n) is 4.85. The Morgan fingerprint density at radius 2 is 1.76 bits per heavy atom. The maximum absolute atomic E-state index is 12.0. The molecule has 0 aromatic heterocycles. The van der Waals surface area contributed by atoms with E-state index < -0.39 is 0 Å². The summed E-state index contributed by atoms with van der Waals surface area (Å²) in [5.74, 6) is -0.228. The van der Waals surface area contributed by atoms with Gasteiger partial charge in [-0.1, -0.05) is 47.5 Å². The number of ketones is 1. The normalized spacial score (nSPS) is 10.2. The Balaban J connectivity index is 1.86. The summed E-state index contributed by atoms with van der Waals surface area (Å²) in [6.45, 7) is 1.96. The Bertz CT molecular complexity index is 650. The highest BCUT2D eigenvalue weighted by Crippen LogP contribution is 2.15. The number of hydrogen-bond donors (Lipinski definition) is 1. The summed E-state index contributed by atoms with van der Waals surface area (Å²) in [5, 5.41) is 3.28. The van der Waals surface area contributed by atoms with E-state index in [-0.39, 0.29) is 24.5 Å². The van der Waals surface area contributed by atoms with Crippen LogP contribution >= 0.6 is 11.6 Å². The quantitative estimate of drug-likeness (QED) is 0.839. The molecule has 1 amide bonds. The fraction of sp³-hybridized carbons (Fsp3) is 0.176. The lowest BCUT2D eigenvalue weighted by atomic mass is 10.0. The Morgan fingerprint density at radius 3 is 2.43 bits per heavy atom. The van der Waals surface area contributed by atoms with Crippen LogP contribution in [0.4, 0.5) is 5.69 Å². The maximum atomic E-state index is 12.0. The van der Waals surface area contributed by atoms with Gasteiger partial charge in [0.25, 0.3) is 0 Å². The van der Waals surface area contributed by atoms with E-state index in [1.807, 2.05) is 19.1 Å². The van der Waals surface area contributed by atoms with Crippen molar-refractivity contribution in [3.63, 3.8) is 0 Å². The number of amides is 1. The zero-order valence-corrected chi connectivity index (χ0v) is 12.5. The minimum atomic E-state index is -0.197. The van der Waals surface area contributed by atoms with Gasteiger partial charge < -0.3 is 5.32 Å². The lowest BCUT2D eigenvalue weighted by Gasteiger charge is -2.05. The number of Topliss-reactive ketones (excluding diaryl/α,β-unsaturated/α-hetero) is 1. The molecule has 0 atom stereocenters. The summed E-state index contributed by atoms with van der Waals surface area (Å²) >= 11 is 5.84. The van der Waals surface area contributed by atoms with Gasteiger partial charge in [-0.2, -0.15) is 0 Å². The van der Waals surface area contributed by atoms with Crippen molar-refractivity contribution in [1.82, 2.24) is 0 Å². The van der Waals surface area contributed by atoms with Crippen LogP contribution in [-0.4, -0.2) is 11.7 Å². The first-order chi connectivity index (χ1) is 10.0. The zero-order chi connectivity index (χ0) is 15.2. The van der Waals surface area contributed by atoms with Crippen LogP contribution in [-0.2, 0) is 4.79 Å². The molecular formula is C17H16ClNO2. The molecule has 1 N–H and O–H groups in total. The molecule has 3 nitrogen and oxygen atoms in total. The number of carbonyl (C=O) groups is 2. The van der Waals surface area contributed by atoms with Crippen LogP contribution in [0.25, 0.3) is 0 Å². The van der Waals surface area contributed by atoms with Gasteiger partial charge in [-0.05, 0) is 25.1 Å². The van der Waals surface area contributed by atoms with Crippen molar-refractivity contribution in [3.8, 4) is 0 Å². The summed E-state index contributed by atoms with van der Waals surface area (Å²) in [6.07, 6.45) is 0.342. The van der Waals surface area contributed by atoms with Gasteiger partial charge in [0.1, 0.15) is 0 Å². The molecule has 2 rings (SSSR count). The molecule has 0 spiro atoms. The number of nitrogens with one attached hydrogen (secondary N) is 1. The van der Waals surface area contributed by atoms with E-state index in [1.165, 1.54) is 0 Å². The van der Waals surface area contributed by atoms with Crippen LogP contribution in [0, 0.1) is 6.92 Å². The molecular weight excluding hydrogens is 286 g/mol. The summed E-state index contributed by atoms with van der Waals surface area (Å²) < 4.78 is 0. The molecule has 0 radical (unpaired) electrons. The van der Waals surface area contributed by atoms with Gasteiger partial charge in [0.2, 0.25) is 5.91 Å². The minimum Gasteiger partial charge on any atom is -0.326 e. The summed E-state index contributed by atoms with van der Waals surface area (Å²) in [6, 6.07) is 14.3. The van der Waals surface area contributed by atoms with Crippen LogP contribution in [0.2, 0.25) is 5.02 Å². The van der Waals surface area contributed by atoms with Crippen molar-refractivity contribution in [3.05, 3.63) is 64.7 Å². The molecule has 108 valence electrons. The van der Waals surface area contributed by atoms with E-state index in [2.05, 4.69) is 5.32 Å². The van der Waals surface area contributed by atoms with Gasteiger partial charge >= 0.3 is 0 Å². The van der Waals surface area contributed by atoms with Crippen molar-refractivity contribution < 1.29 is 9.59 Å². The molecule has 0 bridgehead atoms. The summed E-state index contributed by atoms with van der Waals surface area (Å²) in [7, 11) is 0. The second-order valence-corrected chi connectivity index (χ2v) is 5.28. The predicted molar refractivity (Wildman–Crippen MR) is 84.8 cm³/mol. The monoisotopic (exact) mass is 301 g/mol. The first-order valence-corrected chi connectivity index (χ1v) is 7.08. The zero-order valence-electron chi connectivity index (χ0n) is 11.7. The predicted octanol–water partition coefficient (Wildman–Crippen LogP) is 4.25. The van der Waals surface area contributed by atoms with Crippen molar-refractivity contribution in [2.24, 2.45) is 0 Å². The van der Waals surface area contributed by atoms with Crippen LogP contribution in [0.1, 0.15) is 28.8 Å². The van der Waals surface area contributed by atoms with E-state index in [1.54, 1.807) is 36.4 Å².